The van der Waals surface area contributed by atoms with Gasteiger partial charge < -0.3 is 4.57 Å². The van der Waals surface area contributed by atoms with Crippen molar-refractivity contribution in [1.82, 2.24) is 29.9 Å². The Bertz CT molecular complexity index is 831. The van der Waals surface area contributed by atoms with E-state index in [1.807, 2.05) is 36.6 Å². The highest BCUT2D eigenvalue weighted by atomic mass is 32.2. The van der Waals surface area contributed by atoms with E-state index < -0.39 is 0 Å². The third kappa shape index (κ3) is 3.77. The van der Waals surface area contributed by atoms with Gasteiger partial charge in [0.1, 0.15) is 10.7 Å². The van der Waals surface area contributed by atoms with Crippen molar-refractivity contribution in [2.45, 2.75) is 25.5 Å². The third-order valence-electron chi connectivity index (χ3n) is 3.03. The minimum absolute atomic E-state index is 0.152. The minimum Gasteiger partial charge on any atom is -0.301 e. The van der Waals surface area contributed by atoms with Gasteiger partial charge in [0.15, 0.2) is 11.0 Å². The molecule has 0 aliphatic rings. The Hall–Kier alpha value is -2.33. The van der Waals surface area contributed by atoms with Crippen LogP contribution in [0.15, 0.2) is 29.6 Å². The van der Waals surface area contributed by atoms with Gasteiger partial charge in [-0.1, -0.05) is 29.2 Å². The fraction of sp³-hybridized carbons (Fsp3) is 0.286. The van der Waals surface area contributed by atoms with E-state index >= 15 is 0 Å². The molecule has 0 fully saturated rings. The van der Waals surface area contributed by atoms with Gasteiger partial charge in [0, 0.05) is 12.7 Å². The van der Waals surface area contributed by atoms with Gasteiger partial charge >= 0.3 is 0 Å². The van der Waals surface area contributed by atoms with Crippen LogP contribution < -0.4 is 5.32 Å². The second-order valence-electron chi connectivity index (χ2n) is 4.73. The Labute approximate surface area is 146 Å². The van der Waals surface area contributed by atoms with Gasteiger partial charge in [-0.25, -0.2) is 0 Å². The maximum atomic E-state index is 12.0. The van der Waals surface area contributed by atoms with Crippen molar-refractivity contribution in [1.29, 1.82) is 0 Å². The van der Waals surface area contributed by atoms with E-state index in [2.05, 4.69) is 30.7 Å². The number of carbonyl (C=O) groups is 1. The molecule has 0 radical (unpaired) electrons. The lowest BCUT2D eigenvalue weighted by atomic mass is 10.3. The Morgan fingerprint density at radius 1 is 1.29 bits per heavy atom. The SMILES string of the molecule is CCn1c(SCC(=O)Nc2nnc(C)s2)nnc1-c1ccccn1. The average Bonchev–Trinajstić information content (AvgIpc) is 3.19. The van der Waals surface area contributed by atoms with E-state index in [9.17, 15) is 4.79 Å². The molecular weight excluding hydrogens is 346 g/mol. The van der Waals surface area contributed by atoms with E-state index in [0.29, 0.717) is 22.7 Å². The van der Waals surface area contributed by atoms with Crippen LogP contribution in [0.4, 0.5) is 5.13 Å². The summed E-state index contributed by atoms with van der Waals surface area (Å²) in [5, 5.41) is 20.8. The van der Waals surface area contributed by atoms with Crippen LogP contribution in [-0.4, -0.2) is 41.6 Å². The Kier molecular flexibility index (Phi) is 5.16. The number of rotatable bonds is 6. The standard InChI is InChI=1S/C14H15N7OS2/c1-3-21-12(10-6-4-5-7-15-10)18-20-14(21)23-8-11(22)16-13-19-17-9(2)24-13/h4-7H,3,8H2,1-2H3,(H,16,19,22). The molecule has 0 saturated carbocycles. The molecule has 3 rings (SSSR count). The Balaban J connectivity index is 1.67. The minimum atomic E-state index is -0.152. The van der Waals surface area contributed by atoms with Gasteiger partial charge in [-0.2, -0.15) is 0 Å². The zero-order chi connectivity index (χ0) is 16.9. The summed E-state index contributed by atoms with van der Waals surface area (Å²) in [6.45, 7) is 4.54. The van der Waals surface area contributed by atoms with Crippen molar-refractivity contribution < 1.29 is 4.79 Å². The molecule has 1 amide bonds. The molecule has 124 valence electrons. The molecule has 0 spiro atoms. The number of aryl methyl sites for hydroxylation is 1. The first-order valence-electron chi connectivity index (χ1n) is 7.24. The summed E-state index contributed by atoms with van der Waals surface area (Å²) in [6, 6.07) is 5.64. The molecule has 0 bridgehead atoms. The van der Waals surface area contributed by atoms with Crippen molar-refractivity contribution in [3.05, 3.63) is 29.4 Å². The summed E-state index contributed by atoms with van der Waals surface area (Å²) in [5.74, 6) is 0.765. The molecule has 0 saturated heterocycles. The molecule has 10 heteroatoms. The van der Waals surface area contributed by atoms with Gasteiger partial charge in [-0.15, -0.1) is 20.4 Å². The van der Waals surface area contributed by atoms with E-state index in [0.717, 1.165) is 10.7 Å². The quantitative estimate of drug-likeness (QED) is 0.672. The zero-order valence-corrected chi connectivity index (χ0v) is 14.8. The number of amides is 1. The second kappa shape index (κ2) is 7.49. The number of nitrogens with one attached hydrogen (secondary N) is 1. The van der Waals surface area contributed by atoms with Crippen LogP contribution in [0.25, 0.3) is 11.5 Å². The number of aromatic nitrogens is 6. The first-order valence-corrected chi connectivity index (χ1v) is 9.05. The van der Waals surface area contributed by atoms with Gasteiger partial charge in [0.2, 0.25) is 11.0 Å². The van der Waals surface area contributed by atoms with Gasteiger partial charge in [0.05, 0.1) is 5.75 Å². The van der Waals surface area contributed by atoms with Crippen LogP contribution in [0.1, 0.15) is 11.9 Å². The molecular formula is C14H15N7OS2. The van der Waals surface area contributed by atoms with Crippen molar-refractivity contribution in [3.8, 4) is 11.5 Å². The highest BCUT2D eigenvalue weighted by Gasteiger charge is 2.15. The fourth-order valence-corrected chi connectivity index (χ4v) is 3.41. The molecule has 24 heavy (non-hydrogen) atoms. The van der Waals surface area contributed by atoms with Crippen LogP contribution in [0.5, 0.6) is 0 Å². The van der Waals surface area contributed by atoms with Crippen LogP contribution >= 0.6 is 23.1 Å². The molecule has 0 unspecified atom stereocenters. The molecule has 3 aromatic rings. The number of carbonyl (C=O) groups excluding carboxylic acids is 1. The van der Waals surface area contributed by atoms with E-state index in [1.165, 1.54) is 23.1 Å². The number of thioether (sulfide) groups is 1. The molecule has 0 aliphatic heterocycles. The van der Waals surface area contributed by atoms with Crippen molar-refractivity contribution in [3.63, 3.8) is 0 Å². The molecule has 0 atom stereocenters. The van der Waals surface area contributed by atoms with E-state index in [-0.39, 0.29) is 11.7 Å². The smallest absolute Gasteiger partial charge is 0.236 e. The van der Waals surface area contributed by atoms with Gasteiger partial charge in [0.25, 0.3) is 0 Å². The number of pyridine rings is 1. The van der Waals surface area contributed by atoms with E-state index in [4.69, 9.17) is 0 Å². The summed E-state index contributed by atoms with van der Waals surface area (Å²) >= 11 is 2.67. The lowest BCUT2D eigenvalue weighted by Gasteiger charge is -2.06. The average molecular weight is 361 g/mol. The highest BCUT2D eigenvalue weighted by Crippen LogP contribution is 2.23. The summed E-state index contributed by atoms with van der Waals surface area (Å²) in [5.41, 5.74) is 0.757. The molecule has 1 N–H and O–H groups in total. The summed E-state index contributed by atoms with van der Waals surface area (Å²) < 4.78 is 1.94. The van der Waals surface area contributed by atoms with Crippen molar-refractivity contribution in [2.24, 2.45) is 0 Å². The highest BCUT2D eigenvalue weighted by molar-refractivity contribution is 7.99. The second-order valence-corrected chi connectivity index (χ2v) is 6.85. The van der Waals surface area contributed by atoms with Crippen molar-refractivity contribution in [2.75, 3.05) is 11.1 Å². The number of nitrogens with zero attached hydrogens (tertiary/aromatic N) is 6. The lowest BCUT2D eigenvalue weighted by molar-refractivity contribution is -0.113. The number of hydrogen-bond donors (Lipinski definition) is 1. The Morgan fingerprint density at radius 2 is 2.17 bits per heavy atom. The number of anilines is 1. The van der Waals surface area contributed by atoms with Crippen molar-refractivity contribution >= 4 is 34.1 Å². The molecule has 0 aromatic carbocycles. The van der Waals surface area contributed by atoms with Crippen LogP contribution in [0, 0.1) is 6.92 Å². The zero-order valence-electron chi connectivity index (χ0n) is 13.1. The fourth-order valence-electron chi connectivity index (χ4n) is 2.00. The third-order valence-corrected chi connectivity index (χ3v) is 4.75. The maximum absolute atomic E-state index is 12.0. The predicted octanol–water partition coefficient (Wildman–Crippen LogP) is 2.25. The summed E-state index contributed by atoms with van der Waals surface area (Å²) in [6.07, 6.45) is 1.72. The first kappa shape index (κ1) is 16.5. The van der Waals surface area contributed by atoms with Gasteiger partial charge in [-0.3, -0.25) is 15.1 Å². The number of hydrogen-bond acceptors (Lipinski definition) is 8. The Morgan fingerprint density at radius 3 is 2.83 bits per heavy atom. The van der Waals surface area contributed by atoms with Gasteiger partial charge in [-0.05, 0) is 26.0 Å². The summed E-state index contributed by atoms with van der Waals surface area (Å²) in [7, 11) is 0. The molecule has 8 nitrogen and oxygen atoms in total. The lowest BCUT2D eigenvalue weighted by Crippen LogP contribution is -2.14. The molecule has 3 heterocycles. The predicted molar refractivity (Wildman–Crippen MR) is 92.9 cm³/mol. The molecule has 3 aromatic heterocycles. The monoisotopic (exact) mass is 361 g/mol. The van der Waals surface area contributed by atoms with Crippen LogP contribution in [0.3, 0.4) is 0 Å². The maximum Gasteiger partial charge on any atom is 0.236 e. The summed E-state index contributed by atoms with van der Waals surface area (Å²) in [4.78, 5) is 16.3. The largest absolute Gasteiger partial charge is 0.301 e. The first-order chi connectivity index (χ1) is 11.7. The molecule has 0 aliphatic carbocycles. The van der Waals surface area contributed by atoms with E-state index in [1.54, 1.807) is 6.20 Å². The normalized spacial score (nSPS) is 10.8. The van der Waals surface area contributed by atoms with Crippen LogP contribution in [0.2, 0.25) is 0 Å². The topological polar surface area (TPSA) is 98.5 Å². The van der Waals surface area contributed by atoms with Crippen LogP contribution in [-0.2, 0) is 11.3 Å².